The smallest absolute Gasteiger partial charge is 0.339 e. The summed E-state index contributed by atoms with van der Waals surface area (Å²) in [6.07, 6.45) is -0.150. The molecule has 0 aromatic heterocycles. The van der Waals surface area contributed by atoms with Crippen LogP contribution in [0.4, 0.5) is 5.69 Å². The monoisotopic (exact) mass is 339 g/mol. The van der Waals surface area contributed by atoms with Crippen molar-refractivity contribution in [2.45, 2.75) is 23.8 Å². The van der Waals surface area contributed by atoms with E-state index in [9.17, 15) is 24.3 Å². The quantitative estimate of drug-likeness (QED) is 0.675. The van der Waals surface area contributed by atoms with Crippen molar-refractivity contribution in [3.8, 4) is 5.75 Å². The summed E-state index contributed by atoms with van der Waals surface area (Å²) in [5, 5.41) is 25.7. The second-order valence-electron chi connectivity index (χ2n) is 4.88. The first-order valence-corrected chi connectivity index (χ1v) is 7.48. The maximum Gasteiger partial charge on any atom is 0.339 e. The molecule has 2 amide bonds. The van der Waals surface area contributed by atoms with E-state index in [1.807, 2.05) is 0 Å². The van der Waals surface area contributed by atoms with E-state index in [-0.39, 0.29) is 17.7 Å². The van der Waals surface area contributed by atoms with Crippen LogP contribution in [0.1, 0.15) is 23.7 Å². The highest BCUT2D eigenvalue weighted by Crippen LogP contribution is 2.33. The molecule has 0 saturated carbocycles. The third kappa shape index (κ3) is 3.29. The van der Waals surface area contributed by atoms with Crippen LogP contribution in [-0.2, 0) is 14.4 Å². The number of thioether (sulfide) groups is 1. The number of phenols is 1. The Morgan fingerprint density at radius 3 is 2.48 bits per heavy atom. The van der Waals surface area contributed by atoms with Crippen LogP contribution in [0.2, 0.25) is 0 Å². The van der Waals surface area contributed by atoms with E-state index in [4.69, 9.17) is 10.2 Å². The summed E-state index contributed by atoms with van der Waals surface area (Å²) in [5.41, 5.74) is -0.299. The summed E-state index contributed by atoms with van der Waals surface area (Å²) < 4.78 is 0. The summed E-state index contributed by atoms with van der Waals surface area (Å²) in [4.78, 5) is 46.9. The minimum Gasteiger partial charge on any atom is -0.507 e. The fourth-order valence-electron chi connectivity index (χ4n) is 2.13. The molecule has 2 atom stereocenters. The Morgan fingerprint density at radius 1 is 1.30 bits per heavy atom. The van der Waals surface area contributed by atoms with Crippen molar-refractivity contribution in [3.05, 3.63) is 23.8 Å². The molecule has 3 N–H and O–H groups in total. The van der Waals surface area contributed by atoms with E-state index in [1.165, 1.54) is 13.0 Å². The number of aromatic hydroxyl groups is 1. The van der Waals surface area contributed by atoms with Crippen LogP contribution in [-0.4, -0.2) is 49.6 Å². The lowest BCUT2D eigenvalue weighted by Gasteiger charge is -2.16. The van der Waals surface area contributed by atoms with E-state index >= 15 is 0 Å². The summed E-state index contributed by atoms with van der Waals surface area (Å²) in [6.45, 7) is 1.42. The molecule has 0 radical (unpaired) electrons. The molecule has 1 fully saturated rings. The zero-order valence-corrected chi connectivity index (χ0v) is 12.7. The molecule has 8 nitrogen and oxygen atoms in total. The van der Waals surface area contributed by atoms with Crippen LogP contribution in [0.5, 0.6) is 5.75 Å². The molecule has 2 rings (SSSR count). The predicted octanol–water partition coefficient (Wildman–Crippen LogP) is 0.929. The first kappa shape index (κ1) is 16.8. The molecular weight excluding hydrogens is 326 g/mol. The first-order chi connectivity index (χ1) is 10.7. The molecular formula is C14H13NO7S. The maximum atomic E-state index is 12.3. The summed E-state index contributed by atoms with van der Waals surface area (Å²) in [7, 11) is 0. The van der Waals surface area contributed by atoms with Crippen molar-refractivity contribution in [3.63, 3.8) is 0 Å². The molecule has 1 aliphatic heterocycles. The van der Waals surface area contributed by atoms with E-state index < -0.39 is 40.0 Å². The number of aromatic carboxylic acids is 1. The highest BCUT2D eigenvalue weighted by Gasteiger charge is 2.41. The Balaban J connectivity index is 2.25. The number of nitrogens with zero attached hydrogens (tertiary/aromatic N) is 1. The molecule has 23 heavy (non-hydrogen) atoms. The van der Waals surface area contributed by atoms with Gasteiger partial charge in [0, 0.05) is 12.5 Å². The number of carbonyl (C=O) groups is 4. The molecule has 1 saturated heterocycles. The van der Waals surface area contributed by atoms with Crippen molar-refractivity contribution in [2.24, 2.45) is 0 Å². The molecule has 0 spiro atoms. The average Bonchev–Trinajstić information content (AvgIpc) is 2.72. The number of anilines is 1. The number of amides is 2. The van der Waals surface area contributed by atoms with Crippen molar-refractivity contribution >= 4 is 41.2 Å². The molecule has 1 aromatic carbocycles. The third-order valence-corrected chi connectivity index (χ3v) is 4.60. The van der Waals surface area contributed by atoms with Crippen LogP contribution in [0.25, 0.3) is 0 Å². The fourth-order valence-corrected chi connectivity index (χ4v) is 3.20. The van der Waals surface area contributed by atoms with E-state index in [0.29, 0.717) is 0 Å². The Labute approximate surface area is 134 Å². The van der Waals surface area contributed by atoms with Gasteiger partial charge in [-0.3, -0.25) is 14.4 Å². The van der Waals surface area contributed by atoms with Crippen LogP contribution in [0.15, 0.2) is 18.2 Å². The predicted molar refractivity (Wildman–Crippen MR) is 80.7 cm³/mol. The van der Waals surface area contributed by atoms with E-state index in [2.05, 4.69) is 0 Å². The lowest BCUT2D eigenvalue weighted by Crippen LogP contribution is -2.32. The Bertz CT molecular complexity index is 702. The second kappa shape index (κ2) is 6.29. The summed E-state index contributed by atoms with van der Waals surface area (Å²) in [6, 6.07) is 3.35. The number of imide groups is 1. The van der Waals surface area contributed by atoms with Crippen molar-refractivity contribution in [1.82, 2.24) is 0 Å². The van der Waals surface area contributed by atoms with Crippen LogP contribution >= 0.6 is 11.8 Å². The van der Waals surface area contributed by atoms with Gasteiger partial charge in [0.05, 0.1) is 10.9 Å². The SMILES string of the molecule is CC(SC1CC(=O)N(c2ccc(C(=O)O)c(O)c2)C1=O)C(=O)O. The molecule has 9 heteroatoms. The number of carbonyl (C=O) groups excluding carboxylic acids is 2. The van der Waals surface area contributed by atoms with Crippen LogP contribution in [0.3, 0.4) is 0 Å². The second-order valence-corrected chi connectivity index (χ2v) is 6.43. The van der Waals surface area contributed by atoms with Gasteiger partial charge in [-0.2, -0.15) is 0 Å². The molecule has 122 valence electrons. The van der Waals surface area contributed by atoms with E-state index in [1.54, 1.807) is 0 Å². The van der Waals surface area contributed by atoms with Gasteiger partial charge in [0.2, 0.25) is 11.8 Å². The lowest BCUT2D eigenvalue weighted by atomic mass is 10.1. The topological polar surface area (TPSA) is 132 Å². The average molecular weight is 339 g/mol. The number of hydrogen-bond donors (Lipinski definition) is 3. The molecule has 0 bridgehead atoms. The largest absolute Gasteiger partial charge is 0.507 e. The summed E-state index contributed by atoms with van der Waals surface area (Å²) in [5.74, 6) is -4.11. The van der Waals surface area contributed by atoms with Gasteiger partial charge in [0.1, 0.15) is 16.6 Å². The van der Waals surface area contributed by atoms with Crippen molar-refractivity contribution < 1.29 is 34.5 Å². The zero-order chi connectivity index (χ0) is 17.3. The van der Waals surface area contributed by atoms with Gasteiger partial charge < -0.3 is 15.3 Å². The van der Waals surface area contributed by atoms with Crippen molar-refractivity contribution in [1.29, 1.82) is 0 Å². The van der Waals surface area contributed by atoms with Gasteiger partial charge in [-0.05, 0) is 19.1 Å². The van der Waals surface area contributed by atoms with Gasteiger partial charge in [-0.25, -0.2) is 9.69 Å². The number of rotatable bonds is 5. The lowest BCUT2D eigenvalue weighted by molar-refractivity contribution is -0.136. The number of benzene rings is 1. The van der Waals surface area contributed by atoms with Gasteiger partial charge >= 0.3 is 11.9 Å². The molecule has 1 aliphatic rings. The fraction of sp³-hybridized carbons (Fsp3) is 0.286. The van der Waals surface area contributed by atoms with Crippen LogP contribution in [0, 0.1) is 0 Å². The van der Waals surface area contributed by atoms with Gasteiger partial charge in [0.25, 0.3) is 0 Å². The van der Waals surface area contributed by atoms with Gasteiger partial charge in [-0.1, -0.05) is 0 Å². The highest BCUT2D eigenvalue weighted by atomic mass is 32.2. The first-order valence-electron chi connectivity index (χ1n) is 6.53. The standard InChI is InChI=1S/C14H13NO7S/c1-6(13(19)20)23-10-5-11(17)15(12(10)18)7-2-3-8(14(21)22)9(16)4-7/h2-4,6,10,16H,5H2,1H3,(H,19,20)(H,21,22). The number of carboxylic acid groups (broad SMARTS) is 2. The van der Waals surface area contributed by atoms with Gasteiger partial charge in [0.15, 0.2) is 0 Å². The maximum absolute atomic E-state index is 12.3. The zero-order valence-electron chi connectivity index (χ0n) is 11.9. The van der Waals surface area contributed by atoms with Gasteiger partial charge in [-0.15, -0.1) is 11.8 Å². The molecule has 1 aromatic rings. The molecule has 0 aliphatic carbocycles. The minimum atomic E-state index is -1.34. The van der Waals surface area contributed by atoms with Crippen LogP contribution < -0.4 is 4.90 Å². The Kier molecular flexibility index (Phi) is 4.60. The number of aliphatic carboxylic acids is 1. The minimum absolute atomic E-state index is 0.0496. The van der Waals surface area contributed by atoms with E-state index in [0.717, 1.165) is 28.8 Å². The third-order valence-electron chi connectivity index (χ3n) is 3.29. The Hall–Kier alpha value is -2.55. The van der Waals surface area contributed by atoms with Crippen molar-refractivity contribution in [2.75, 3.05) is 4.90 Å². The summed E-state index contributed by atoms with van der Waals surface area (Å²) >= 11 is 0.870. The molecule has 2 unspecified atom stereocenters. The Morgan fingerprint density at radius 2 is 1.96 bits per heavy atom. The highest BCUT2D eigenvalue weighted by molar-refractivity contribution is 8.01. The number of carboxylic acids is 2. The number of hydrogen-bond acceptors (Lipinski definition) is 6. The normalized spacial score (nSPS) is 19.0. The molecule has 1 heterocycles.